The zero-order chi connectivity index (χ0) is 13.2. The number of thioether (sulfide) groups is 1. The highest BCUT2D eigenvalue weighted by Gasteiger charge is 2.31. The van der Waals surface area contributed by atoms with E-state index in [-0.39, 0.29) is 0 Å². The van der Waals surface area contributed by atoms with Gasteiger partial charge in [-0.15, -0.1) is 0 Å². The van der Waals surface area contributed by atoms with Crippen LogP contribution in [0.5, 0.6) is 0 Å². The van der Waals surface area contributed by atoms with E-state index in [1.165, 1.54) is 12.6 Å². The molecule has 1 atom stereocenters. The molecule has 2 heterocycles. The van der Waals surface area contributed by atoms with Crippen molar-refractivity contribution in [2.45, 2.75) is 5.37 Å². The molecular formula is C10H16N4O2S2. The number of sulfone groups is 1. The first kappa shape index (κ1) is 13.4. The smallest absolute Gasteiger partial charge is 0.169 e. The molecule has 100 valence electrons. The maximum atomic E-state index is 11.8. The highest BCUT2D eigenvalue weighted by Crippen LogP contribution is 2.25. The number of aromatic nitrogens is 2. The lowest BCUT2D eigenvalue weighted by molar-refractivity contribution is 0.583. The maximum Gasteiger partial charge on any atom is 0.169 e. The molecule has 1 aliphatic heterocycles. The van der Waals surface area contributed by atoms with Crippen LogP contribution in [0, 0.1) is 0 Å². The molecule has 1 aromatic heterocycles. The van der Waals surface area contributed by atoms with E-state index in [9.17, 15) is 8.42 Å². The zero-order valence-electron chi connectivity index (χ0n) is 10.3. The van der Waals surface area contributed by atoms with Crippen molar-refractivity contribution in [2.24, 2.45) is 0 Å². The minimum Gasteiger partial charge on any atom is -0.373 e. The van der Waals surface area contributed by atoms with Crippen molar-refractivity contribution in [1.29, 1.82) is 0 Å². The maximum absolute atomic E-state index is 11.8. The molecule has 0 bridgehead atoms. The first-order valence-corrected chi connectivity index (χ1v) is 8.66. The van der Waals surface area contributed by atoms with Crippen LogP contribution in [0.1, 0.15) is 0 Å². The topological polar surface area (TPSA) is 75.2 Å². The van der Waals surface area contributed by atoms with E-state index in [1.807, 2.05) is 4.90 Å². The fourth-order valence-electron chi connectivity index (χ4n) is 1.84. The SMILES string of the molecule is CNc1cc(N2CCSCC2S(C)(=O)=O)ncn1. The first-order chi connectivity index (χ1) is 8.52. The van der Waals surface area contributed by atoms with Crippen LogP contribution in [0.2, 0.25) is 0 Å². The molecule has 6 nitrogen and oxygen atoms in total. The van der Waals surface area contributed by atoms with Crippen LogP contribution in [0.4, 0.5) is 11.6 Å². The summed E-state index contributed by atoms with van der Waals surface area (Å²) >= 11 is 1.66. The van der Waals surface area contributed by atoms with Crippen LogP contribution in [-0.4, -0.2) is 55.1 Å². The fraction of sp³-hybridized carbons (Fsp3) is 0.600. The Morgan fingerprint density at radius 2 is 2.28 bits per heavy atom. The van der Waals surface area contributed by atoms with E-state index in [4.69, 9.17) is 0 Å². The number of hydrogen-bond donors (Lipinski definition) is 1. The van der Waals surface area contributed by atoms with Gasteiger partial charge in [-0.1, -0.05) is 0 Å². The highest BCUT2D eigenvalue weighted by atomic mass is 32.2. The van der Waals surface area contributed by atoms with Gasteiger partial charge in [-0.25, -0.2) is 18.4 Å². The van der Waals surface area contributed by atoms with Gasteiger partial charge in [0.25, 0.3) is 0 Å². The predicted molar refractivity (Wildman–Crippen MR) is 74.9 cm³/mol. The van der Waals surface area contributed by atoms with E-state index >= 15 is 0 Å². The summed E-state index contributed by atoms with van der Waals surface area (Å²) < 4.78 is 23.6. The van der Waals surface area contributed by atoms with Gasteiger partial charge < -0.3 is 10.2 Å². The van der Waals surface area contributed by atoms with Gasteiger partial charge >= 0.3 is 0 Å². The summed E-state index contributed by atoms with van der Waals surface area (Å²) in [4.78, 5) is 10.1. The van der Waals surface area contributed by atoms with Gasteiger partial charge in [0.05, 0.1) is 0 Å². The van der Waals surface area contributed by atoms with Crippen molar-refractivity contribution in [1.82, 2.24) is 9.97 Å². The van der Waals surface area contributed by atoms with E-state index in [1.54, 1.807) is 24.9 Å². The first-order valence-electron chi connectivity index (χ1n) is 5.55. The average molecular weight is 288 g/mol. The zero-order valence-corrected chi connectivity index (χ0v) is 12.0. The summed E-state index contributed by atoms with van der Waals surface area (Å²) in [6.45, 7) is 0.683. The molecule has 0 saturated carbocycles. The highest BCUT2D eigenvalue weighted by molar-refractivity contribution is 8.01. The second kappa shape index (κ2) is 5.31. The van der Waals surface area contributed by atoms with Gasteiger partial charge in [-0.05, 0) is 0 Å². The van der Waals surface area contributed by atoms with Crippen LogP contribution in [0.15, 0.2) is 12.4 Å². The molecular weight excluding hydrogens is 272 g/mol. The fourth-order valence-corrected chi connectivity index (χ4v) is 4.67. The molecule has 0 spiro atoms. The molecule has 2 rings (SSSR count). The van der Waals surface area contributed by atoms with Gasteiger partial charge in [-0.2, -0.15) is 11.8 Å². The Kier molecular flexibility index (Phi) is 3.96. The third kappa shape index (κ3) is 2.86. The number of hydrogen-bond acceptors (Lipinski definition) is 7. The Bertz CT molecular complexity index is 520. The third-order valence-corrected chi connectivity index (χ3v) is 5.43. The van der Waals surface area contributed by atoms with E-state index in [0.29, 0.717) is 23.9 Å². The second-order valence-electron chi connectivity index (χ2n) is 4.06. The number of rotatable bonds is 3. The molecule has 1 saturated heterocycles. The molecule has 1 aliphatic rings. The van der Waals surface area contributed by atoms with Crippen LogP contribution in [0.3, 0.4) is 0 Å². The van der Waals surface area contributed by atoms with Crippen LogP contribution in [-0.2, 0) is 9.84 Å². The Hall–Kier alpha value is -1.02. The second-order valence-corrected chi connectivity index (χ2v) is 7.42. The Balaban J connectivity index is 2.33. The van der Waals surface area contributed by atoms with Crippen molar-refractivity contribution in [3.8, 4) is 0 Å². The summed E-state index contributed by atoms with van der Waals surface area (Å²) in [6, 6.07) is 1.77. The summed E-state index contributed by atoms with van der Waals surface area (Å²) in [5.41, 5.74) is 0. The predicted octanol–water partition coefficient (Wildman–Crippen LogP) is 0.442. The molecule has 1 aromatic rings. The van der Waals surface area contributed by atoms with E-state index < -0.39 is 15.2 Å². The van der Waals surface area contributed by atoms with Crippen LogP contribution in [0.25, 0.3) is 0 Å². The van der Waals surface area contributed by atoms with Crippen LogP contribution < -0.4 is 10.2 Å². The lowest BCUT2D eigenvalue weighted by Gasteiger charge is -2.34. The number of nitrogens with zero attached hydrogens (tertiary/aromatic N) is 3. The molecule has 18 heavy (non-hydrogen) atoms. The van der Waals surface area contributed by atoms with E-state index in [2.05, 4.69) is 15.3 Å². The quantitative estimate of drug-likeness (QED) is 0.865. The summed E-state index contributed by atoms with van der Waals surface area (Å²) in [5.74, 6) is 2.83. The summed E-state index contributed by atoms with van der Waals surface area (Å²) in [6.07, 6.45) is 2.72. The van der Waals surface area contributed by atoms with Crippen molar-refractivity contribution >= 4 is 33.2 Å². The standard InChI is InChI=1S/C10H16N4O2S2/c1-11-8-5-9(13-7-12-8)14-3-4-17-6-10(14)18(2,15)16/h5,7,10H,3-4,6H2,1-2H3,(H,11,12,13). The number of anilines is 2. The van der Waals surface area contributed by atoms with Gasteiger partial charge in [0.1, 0.15) is 23.3 Å². The molecule has 1 unspecified atom stereocenters. The normalized spacial score (nSPS) is 20.8. The lowest BCUT2D eigenvalue weighted by Crippen LogP contribution is -2.47. The molecule has 0 aromatic carbocycles. The van der Waals surface area contributed by atoms with Gasteiger partial charge in [0.2, 0.25) is 0 Å². The van der Waals surface area contributed by atoms with Gasteiger partial charge in [0, 0.05) is 37.4 Å². The molecule has 1 N–H and O–H groups in total. The third-order valence-electron chi connectivity index (χ3n) is 2.78. The Morgan fingerprint density at radius 3 is 2.94 bits per heavy atom. The van der Waals surface area contributed by atoms with Gasteiger partial charge in [-0.3, -0.25) is 0 Å². The van der Waals surface area contributed by atoms with Gasteiger partial charge in [0.15, 0.2) is 9.84 Å². The molecule has 0 aliphatic carbocycles. The Morgan fingerprint density at radius 1 is 1.50 bits per heavy atom. The number of nitrogens with one attached hydrogen (secondary N) is 1. The Labute approximate surface area is 111 Å². The lowest BCUT2D eigenvalue weighted by atomic mass is 10.4. The molecule has 0 radical (unpaired) electrons. The molecule has 1 fully saturated rings. The van der Waals surface area contributed by atoms with Crippen molar-refractivity contribution in [3.63, 3.8) is 0 Å². The monoisotopic (exact) mass is 288 g/mol. The van der Waals surface area contributed by atoms with Crippen molar-refractivity contribution < 1.29 is 8.42 Å². The molecule has 0 amide bonds. The molecule has 8 heteroatoms. The van der Waals surface area contributed by atoms with E-state index in [0.717, 1.165) is 5.75 Å². The summed E-state index contributed by atoms with van der Waals surface area (Å²) in [7, 11) is -1.35. The average Bonchev–Trinajstić information content (AvgIpc) is 2.38. The van der Waals surface area contributed by atoms with Crippen molar-refractivity contribution in [3.05, 3.63) is 12.4 Å². The largest absolute Gasteiger partial charge is 0.373 e. The van der Waals surface area contributed by atoms with Crippen molar-refractivity contribution in [2.75, 3.05) is 41.6 Å². The summed E-state index contributed by atoms with van der Waals surface area (Å²) in [5, 5.41) is 2.42. The minimum atomic E-state index is -3.12. The minimum absolute atomic E-state index is 0.504. The van der Waals surface area contributed by atoms with Crippen LogP contribution >= 0.6 is 11.8 Å².